The second-order valence-corrected chi connectivity index (χ2v) is 10.7. The molecule has 1 aliphatic heterocycles. The number of aromatic nitrogens is 2. The molecule has 1 amide bonds. The Hall–Kier alpha value is -3.17. The number of anilines is 1. The number of hydrogen-bond acceptors (Lipinski definition) is 5. The Labute approximate surface area is 193 Å². The first-order chi connectivity index (χ1) is 15.6. The topological polar surface area (TPSA) is 115 Å². The fourth-order valence-electron chi connectivity index (χ4n) is 4.15. The van der Waals surface area contributed by atoms with Crippen LogP contribution in [0.4, 0.5) is 5.69 Å². The quantitative estimate of drug-likeness (QED) is 0.522. The van der Waals surface area contributed by atoms with Crippen LogP contribution in [0, 0.1) is 19.8 Å². The second-order valence-electron chi connectivity index (χ2n) is 8.73. The zero-order valence-corrected chi connectivity index (χ0v) is 19.7. The van der Waals surface area contributed by atoms with Crippen molar-refractivity contribution < 1.29 is 18.3 Å². The van der Waals surface area contributed by atoms with Crippen molar-refractivity contribution >= 4 is 21.6 Å². The molecule has 33 heavy (non-hydrogen) atoms. The first-order valence-corrected chi connectivity index (χ1v) is 12.4. The first-order valence-electron chi connectivity index (χ1n) is 10.9. The van der Waals surface area contributed by atoms with E-state index in [4.69, 9.17) is 0 Å². The Morgan fingerprint density at radius 1 is 1.18 bits per heavy atom. The third-order valence-corrected chi connectivity index (χ3v) is 7.79. The van der Waals surface area contributed by atoms with Gasteiger partial charge in [0.15, 0.2) is 0 Å². The van der Waals surface area contributed by atoms with E-state index in [0.717, 1.165) is 24.0 Å². The number of phenols is 1. The van der Waals surface area contributed by atoms with E-state index in [-0.39, 0.29) is 16.3 Å². The average molecular weight is 469 g/mol. The fraction of sp³-hybridized carbons (Fsp3) is 0.333. The lowest BCUT2D eigenvalue weighted by Crippen LogP contribution is -2.39. The lowest BCUT2D eigenvalue weighted by atomic mass is 10.0. The highest BCUT2D eigenvalue weighted by Crippen LogP contribution is 2.32. The number of benzene rings is 2. The van der Waals surface area contributed by atoms with E-state index in [1.807, 2.05) is 26.0 Å². The predicted octanol–water partition coefficient (Wildman–Crippen LogP) is 4.07. The van der Waals surface area contributed by atoms with Crippen molar-refractivity contribution in [1.29, 1.82) is 0 Å². The van der Waals surface area contributed by atoms with Gasteiger partial charge in [-0.3, -0.25) is 9.89 Å². The van der Waals surface area contributed by atoms with Crippen LogP contribution in [0.5, 0.6) is 5.75 Å². The van der Waals surface area contributed by atoms with Crippen molar-refractivity contribution in [1.82, 2.24) is 14.5 Å². The number of nitrogens with zero attached hydrogens (tertiary/aromatic N) is 2. The molecule has 0 spiro atoms. The molecule has 4 rings (SSSR count). The van der Waals surface area contributed by atoms with Crippen molar-refractivity contribution in [3.8, 4) is 17.0 Å². The molecule has 1 aromatic heterocycles. The van der Waals surface area contributed by atoms with E-state index in [9.17, 15) is 18.3 Å². The van der Waals surface area contributed by atoms with Crippen LogP contribution in [0.2, 0.25) is 0 Å². The number of piperidine rings is 1. The standard InChI is InChI=1S/C24H28N4O4S/c1-15-5-4-10-28(14-15)33(31,32)19-8-6-18(7-9-19)25-24(30)22-13-21(26-27-22)20-12-16(2)11-17(3)23(20)29/h6-9,11-13,15,29H,4-5,10,14H2,1-3H3,(H,25,30)(H,26,27)/t15-/m0/s1. The van der Waals surface area contributed by atoms with Crippen LogP contribution in [0.25, 0.3) is 11.3 Å². The molecule has 0 unspecified atom stereocenters. The van der Waals surface area contributed by atoms with Crippen molar-refractivity contribution in [2.24, 2.45) is 5.92 Å². The van der Waals surface area contributed by atoms with Crippen LogP contribution >= 0.6 is 0 Å². The summed E-state index contributed by atoms with van der Waals surface area (Å²) in [5.74, 6) is 0.0500. The smallest absolute Gasteiger partial charge is 0.273 e. The minimum absolute atomic E-state index is 0.124. The van der Waals surface area contributed by atoms with Crippen molar-refractivity contribution in [2.45, 2.75) is 38.5 Å². The molecule has 2 aromatic carbocycles. The Bertz CT molecular complexity index is 1280. The largest absolute Gasteiger partial charge is 0.507 e. The van der Waals surface area contributed by atoms with Gasteiger partial charge in [0, 0.05) is 24.3 Å². The first kappa shape index (κ1) is 23.0. The molecule has 1 aliphatic rings. The van der Waals surface area contributed by atoms with Gasteiger partial charge in [-0.15, -0.1) is 0 Å². The van der Waals surface area contributed by atoms with E-state index >= 15 is 0 Å². The van der Waals surface area contributed by atoms with Gasteiger partial charge in [0.2, 0.25) is 10.0 Å². The number of carbonyl (C=O) groups excluding carboxylic acids is 1. The summed E-state index contributed by atoms with van der Waals surface area (Å²) >= 11 is 0. The molecular formula is C24H28N4O4S. The maximum atomic E-state index is 12.9. The molecular weight excluding hydrogens is 440 g/mol. The lowest BCUT2D eigenvalue weighted by molar-refractivity contribution is 0.102. The summed E-state index contributed by atoms with van der Waals surface area (Å²) in [5, 5.41) is 20.0. The molecule has 0 radical (unpaired) electrons. The SMILES string of the molecule is Cc1cc(C)c(O)c(-c2cc(C(=O)Nc3ccc(S(=O)(=O)N4CCC[C@H](C)C4)cc3)[nH]n2)c1. The molecule has 9 heteroatoms. The summed E-state index contributed by atoms with van der Waals surface area (Å²) in [6.07, 6.45) is 1.90. The van der Waals surface area contributed by atoms with Gasteiger partial charge in [-0.25, -0.2) is 8.42 Å². The molecule has 174 valence electrons. The molecule has 1 atom stereocenters. The minimum Gasteiger partial charge on any atom is -0.507 e. The van der Waals surface area contributed by atoms with Gasteiger partial charge in [-0.05, 0) is 80.1 Å². The van der Waals surface area contributed by atoms with Crippen molar-refractivity contribution in [3.05, 3.63) is 59.3 Å². The van der Waals surface area contributed by atoms with Gasteiger partial charge in [-0.1, -0.05) is 13.0 Å². The van der Waals surface area contributed by atoms with Crippen LogP contribution in [-0.4, -0.2) is 47.0 Å². The molecule has 0 bridgehead atoms. The lowest BCUT2D eigenvalue weighted by Gasteiger charge is -2.30. The molecule has 8 nitrogen and oxygen atoms in total. The second kappa shape index (κ2) is 8.99. The number of nitrogens with one attached hydrogen (secondary N) is 2. The van der Waals surface area contributed by atoms with Crippen LogP contribution < -0.4 is 5.32 Å². The highest BCUT2D eigenvalue weighted by Gasteiger charge is 2.28. The Balaban J connectivity index is 1.48. The summed E-state index contributed by atoms with van der Waals surface area (Å²) < 4.78 is 27.3. The van der Waals surface area contributed by atoms with Crippen LogP contribution in [-0.2, 0) is 10.0 Å². The number of aromatic hydroxyl groups is 1. The van der Waals surface area contributed by atoms with Gasteiger partial charge < -0.3 is 10.4 Å². The normalized spacial score (nSPS) is 17.1. The number of rotatable bonds is 5. The predicted molar refractivity (Wildman–Crippen MR) is 127 cm³/mol. The third kappa shape index (κ3) is 4.79. The maximum Gasteiger partial charge on any atom is 0.273 e. The monoisotopic (exact) mass is 468 g/mol. The Morgan fingerprint density at radius 3 is 2.61 bits per heavy atom. The van der Waals surface area contributed by atoms with E-state index in [1.165, 1.54) is 16.4 Å². The van der Waals surface area contributed by atoms with E-state index in [0.29, 0.717) is 36.0 Å². The van der Waals surface area contributed by atoms with E-state index in [1.54, 1.807) is 18.2 Å². The number of hydrogen-bond donors (Lipinski definition) is 3. The van der Waals surface area contributed by atoms with Gasteiger partial charge >= 0.3 is 0 Å². The molecule has 1 saturated heterocycles. The van der Waals surface area contributed by atoms with Crippen LogP contribution in [0.1, 0.15) is 41.4 Å². The van der Waals surface area contributed by atoms with E-state index in [2.05, 4.69) is 22.4 Å². The molecule has 3 N–H and O–H groups in total. The Kier molecular flexibility index (Phi) is 6.27. The summed E-state index contributed by atoms with van der Waals surface area (Å²) in [4.78, 5) is 12.9. The van der Waals surface area contributed by atoms with Gasteiger partial charge in [0.05, 0.1) is 10.6 Å². The summed E-state index contributed by atoms with van der Waals surface area (Å²) in [5.41, 5.74) is 3.40. The number of H-pyrrole nitrogens is 1. The van der Waals surface area contributed by atoms with Crippen molar-refractivity contribution in [3.63, 3.8) is 0 Å². The summed E-state index contributed by atoms with van der Waals surface area (Å²) in [7, 11) is -3.55. The van der Waals surface area contributed by atoms with E-state index < -0.39 is 15.9 Å². The number of amides is 1. The van der Waals surface area contributed by atoms with Crippen LogP contribution in [0.15, 0.2) is 47.4 Å². The molecule has 0 aliphatic carbocycles. The molecule has 1 fully saturated rings. The third-order valence-electron chi connectivity index (χ3n) is 5.91. The molecule has 2 heterocycles. The zero-order valence-electron chi connectivity index (χ0n) is 18.9. The maximum absolute atomic E-state index is 12.9. The number of aryl methyl sites for hydroxylation is 2. The summed E-state index contributed by atoms with van der Waals surface area (Å²) in [6.45, 7) is 6.85. The number of sulfonamides is 1. The fourth-order valence-corrected chi connectivity index (χ4v) is 5.75. The van der Waals surface area contributed by atoms with Crippen LogP contribution in [0.3, 0.4) is 0 Å². The highest BCUT2D eigenvalue weighted by molar-refractivity contribution is 7.89. The van der Waals surface area contributed by atoms with Crippen molar-refractivity contribution in [2.75, 3.05) is 18.4 Å². The summed E-state index contributed by atoms with van der Waals surface area (Å²) in [6, 6.07) is 11.4. The average Bonchev–Trinajstić information content (AvgIpc) is 3.27. The molecule has 0 saturated carbocycles. The highest BCUT2D eigenvalue weighted by atomic mass is 32.2. The zero-order chi connectivity index (χ0) is 23.8. The molecule has 3 aromatic rings. The minimum atomic E-state index is -3.55. The number of carbonyl (C=O) groups is 1. The number of aromatic amines is 1. The number of phenolic OH excluding ortho intramolecular Hbond substituents is 1. The van der Waals surface area contributed by atoms with Gasteiger partial charge in [0.1, 0.15) is 11.4 Å². The van der Waals surface area contributed by atoms with Gasteiger partial charge in [-0.2, -0.15) is 9.40 Å². The van der Waals surface area contributed by atoms with Gasteiger partial charge in [0.25, 0.3) is 5.91 Å². The Morgan fingerprint density at radius 2 is 1.91 bits per heavy atom.